The molecule has 1 fully saturated rings. The molecule has 1 saturated heterocycles. The van der Waals surface area contributed by atoms with Gasteiger partial charge < -0.3 is 16.0 Å². The standard InChI is InChI=1S/C13H17ClFN3O/c1-13(12(19)17-2)3-4-18(7-13)11-5-8(14)9(15)6-10(11)16/h5-6H,3-4,7,16H2,1-2H3,(H,17,19). The van der Waals surface area contributed by atoms with Gasteiger partial charge in [0.05, 0.1) is 21.8 Å². The minimum absolute atomic E-state index is 0.00165. The molecule has 1 aliphatic rings. The van der Waals surface area contributed by atoms with E-state index in [9.17, 15) is 9.18 Å². The molecule has 6 heteroatoms. The van der Waals surface area contributed by atoms with Crippen LogP contribution in [0.5, 0.6) is 0 Å². The highest BCUT2D eigenvalue weighted by atomic mass is 35.5. The van der Waals surface area contributed by atoms with E-state index in [-0.39, 0.29) is 10.9 Å². The summed E-state index contributed by atoms with van der Waals surface area (Å²) in [6, 6.07) is 2.73. The zero-order valence-corrected chi connectivity index (χ0v) is 11.7. The van der Waals surface area contributed by atoms with Crippen LogP contribution in [-0.2, 0) is 4.79 Å². The van der Waals surface area contributed by atoms with Gasteiger partial charge in [-0.25, -0.2) is 4.39 Å². The molecule has 0 spiro atoms. The van der Waals surface area contributed by atoms with Gasteiger partial charge in [-0.1, -0.05) is 11.6 Å². The molecule has 1 heterocycles. The molecule has 1 unspecified atom stereocenters. The van der Waals surface area contributed by atoms with Gasteiger partial charge in [-0.3, -0.25) is 4.79 Å². The molecule has 0 aliphatic carbocycles. The van der Waals surface area contributed by atoms with E-state index in [2.05, 4.69) is 5.32 Å². The molecule has 1 aromatic rings. The molecule has 3 N–H and O–H groups in total. The van der Waals surface area contributed by atoms with Crippen LogP contribution in [0.2, 0.25) is 5.02 Å². The SMILES string of the molecule is CNC(=O)C1(C)CCN(c2cc(Cl)c(F)cc2N)C1. The number of halogens is 2. The Morgan fingerprint density at radius 2 is 2.26 bits per heavy atom. The number of carbonyl (C=O) groups excluding carboxylic acids is 1. The van der Waals surface area contributed by atoms with Gasteiger partial charge in [0.15, 0.2) is 0 Å². The van der Waals surface area contributed by atoms with E-state index in [4.69, 9.17) is 17.3 Å². The number of anilines is 2. The van der Waals surface area contributed by atoms with Crippen LogP contribution in [0, 0.1) is 11.2 Å². The van der Waals surface area contributed by atoms with Crippen molar-refractivity contribution in [2.24, 2.45) is 5.41 Å². The van der Waals surface area contributed by atoms with Gasteiger partial charge in [0.25, 0.3) is 0 Å². The Labute approximate surface area is 116 Å². The van der Waals surface area contributed by atoms with E-state index < -0.39 is 11.2 Å². The summed E-state index contributed by atoms with van der Waals surface area (Å²) in [6.45, 7) is 3.14. The van der Waals surface area contributed by atoms with Gasteiger partial charge in [0.2, 0.25) is 5.91 Å². The second-order valence-electron chi connectivity index (χ2n) is 5.14. The average Bonchev–Trinajstić information content (AvgIpc) is 2.76. The first-order valence-electron chi connectivity index (χ1n) is 6.09. The molecule has 19 heavy (non-hydrogen) atoms. The summed E-state index contributed by atoms with van der Waals surface area (Å²) in [5.41, 5.74) is 6.39. The molecule has 0 aromatic heterocycles. The van der Waals surface area contributed by atoms with Crippen LogP contribution < -0.4 is 16.0 Å². The van der Waals surface area contributed by atoms with Crippen molar-refractivity contribution in [2.45, 2.75) is 13.3 Å². The third-order valence-corrected chi connectivity index (χ3v) is 3.95. The number of rotatable bonds is 2. The van der Waals surface area contributed by atoms with Crippen molar-refractivity contribution in [1.29, 1.82) is 0 Å². The summed E-state index contributed by atoms with van der Waals surface area (Å²) < 4.78 is 13.3. The fourth-order valence-electron chi connectivity index (χ4n) is 2.48. The van der Waals surface area contributed by atoms with Crippen molar-refractivity contribution >= 4 is 28.9 Å². The molecule has 4 nitrogen and oxygen atoms in total. The van der Waals surface area contributed by atoms with Crippen molar-refractivity contribution in [3.8, 4) is 0 Å². The normalized spacial score (nSPS) is 22.6. The smallest absolute Gasteiger partial charge is 0.227 e. The molecule has 1 aliphatic heterocycles. The highest BCUT2D eigenvalue weighted by Gasteiger charge is 2.40. The number of amides is 1. The maximum absolute atomic E-state index is 13.3. The van der Waals surface area contributed by atoms with Crippen LogP contribution in [0.3, 0.4) is 0 Å². The summed E-state index contributed by atoms with van der Waals surface area (Å²) in [6.07, 6.45) is 0.723. The minimum atomic E-state index is -0.531. The van der Waals surface area contributed by atoms with Crippen LogP contribution in [0.25, 0.3) is 0 Å². The fraction of sp³-hybridized carbons (Fsp3) is 0.462. The van der Waals surface area contributed by atoms with Crippen molar-refractivity contribution < 1.29 is 9.18 Å². The second-order valence-corrected chi connectivity index (χ2v) is 5.54. The van der Waals surface area contributed by atoms with E-state index in [1.54, 1.807) is 7.05 Å². The van der Waals surface area contributed by atoms with Gasteiger partial charge in [0.1, 0.15) is 5.82 Å². The average molecular weight is 286 g/mol. The lowest BCUT2D eigenvalue weighted by Crippen LogP contribution is -2.39. The third-order valence-electron chi connectivity index (χ3n) is 3.66. The number of nitrogens with zero attached hydrogens (tertiary/aromatic N) is 1. The molecular weight excluding hydrogens is 269 g/mol. The quantitative estimate of drug-likeness (QED) is 0.818. The molecular formula is C13H17ClFN3O. The minimum Gasteiger partial charge on any atom is -0.397 e. The van der Waals surface area contributed by atoms with E-state index in [0.29, 0.717) is 24.5 Å². The van der Waals surface area contributed by atoms with Crippen LogP contribution in [0.4, 0.5) is 15.8 Å². The third kappa shape index (κ3) is 2.47. The Hall–Kier alpha value is -1.49. The van der Waals surface area contributed by atoms with E-state index >= 15 is 0 Å². The number of nitrogens with one attached hydrogen (secondary N) is 1. The summed E-state index contributed by atoms with van der Waals surface area (Å²) in [7, 11) is 1.62. The zero-order valence-electron chi connectivity index (χ0n) is 11.0. The number of carbonyl (C=O) groups is 1. The first-order valence-corrected chi connectivity index (χ1v) is 6.47. The van der Waals surface area contributed by atoms with Crippen molar-refractivity contribution in [3.63, 3.8) is 0 Å². The van der Waals surface area contributed by atoms with Crippen LogP contribution in [0.15, 0.2) is 12.1 Å². The van der Waals surface area contributed by atoms with Crippen LogP contribution >= 0.6 is 11.6 Å². The Morgan fingerprint density at radius 3 is 2.89 bits per heavy atom. The lowest BCUT2D eigenvalue weighted by Gasteiger charge is -2.25. The van der Waals surface area contributed by atoms with Crippen LogP contribution in [0.1, 0.15) is 13.3 Å². The number of hydrogen-bond donors (Lipinski definition) is 2. The lowest BCUT2D eigenvalue weighted by atomic mass is 9.89. The summed E-state index contributed by atoms with van der Waals surface area (Å²) >= 11 is 5.79. The zero-order chi connectivity index (χ0) is 14.2. The lowest BCUT2D eigenvalue weighted by molar-refractivity contribution is -0.128. The Morgan fingerprint density at radius 1 is 1.58 bits per heavy atom. The Bertz CT molecular complexity index is 523. The second kappa shape index (κ2) is 4.89. The summed E-state index contributed by atoms with van der Waals surface area (Å²) in [5, 5.41) is 2.71. The summed E-state index contributed by atoms with van der Waals surface area (Å²) in [5.74, 6) is -0.530. The highest BCUT2D eigenvalue weighted by molar-refractivity contribution is 6.31. The van der Waals surface area contributed by atoms with Crippen LogP contribution in [-0.4, -0.2) is 26.0 Å². The first-order chi connectivity index (χ1) is 8.87. The molecule has 0 bridgehead atoms. The molecule has 1 amide bonds. The maximum Gasteiger partial charge on any atom is 0.227 e. The topological polar surface area (TPSA) is 58.4 Å². The molecule has 104 valence electrons. The Balaban J connectivity index is 2.26. The number of hydrogen-bond acceptors (Lipinski definition) is 3. The Kier molecular flexibility index (Phi) is 3.58. The van der Waals surface area contributed by atoms with Crippen molar-refractivity contribution in [1.82, 2.24) is 5.32 Å². The number of nitrogen functional groups attached to an aromatic ring is 1. The van der Waals surface area contributed by atoms with Gasteiger partial charge in [-0.2, -0.15) is 0 Å². The molecule has 2 rings (SSSR count). The fourth-order valence-corrected chi connectivity index (χ4v) is 2.64. The number of nitrogens with two attached hydrogens (primary N) is 1. The molecule has 1 atom stereocenters. The maximum atomic E-state index is 13.3. The van der Waals surface area contributed by atoms with Gasteiger partial charge in [0, 0.05) is 26.2 Å². The van der Waals surface area contributed by atoms with Crippen molar-refractivity contribution in [3.05, 3.63) is 23.0 Å². The number of benzene rings is 1. The van der Waals surface area contributed by atoms with Gasteiger partial charge in [-0.15, -0.1) is 0 Å². The van der Waals surface area contributed by atoms with E-state index in [1.165, 1.54) is 12.1 Å². The van der Waals surface area contributed by atoms with Gasteiger partial charge in [-0.05, 0) is 19.4 Å². The highest BCUT2D eigenvalue weighted by Crippen LogP contribution is 2.37. The summed E-state index contributed by atoms with van der Waals surface area (Å²) in [4.78, 5) is 13.8. The van der Waals surface area contributed by atoms with E-state index in [0.717, 1.165) is 6.42 Å². The molecule has 0 radical (unpaired) electrons. The predicted octanol–water partition coefficient (Wildman–Crippen LogP) is 2.02. The van der Waals surface area contributed by atoms with Gasteiger partial charge >= 0.3 is 0 Å². The predicted molar refractivity (Wildman–Crippen MR) is 74.8 cm³/mol. The monoisotopic (exact) mass is 285 g/mol. The largest absolute Gasteiger partial charge is 0.397 e. The molecule has 1 aromatic carbocycles. The molecule has 0 saturated carbocycles. The van der Waals surface area contributed by atoms with Crippen molar-refractivity contribution in [2.75, 3.05) is 30.8 Å². The van der Waals surface area contributed by atoms with E-state index in [1.807, 2.05) is 11.8 Å². The first kappa shape index (κ1) is 13.9.